The molecule has 1 aromatic rings. The predicted octanol–water partition coefficient (Wildman–Crippen LogP) is 2.27. The van der Waals surface area contributed by atoms with Crippen molar-refractivity contribution in [1.82, 2.24) is 0 Å². The summed E-state index contributed by atoms with van der Waals surface area (Å²) in [5, 5.41) is 8.54. The molecule has 0 saturated heterocycles. The maximum absolute atomic E-state index is 8.54. The minimum absolute atomic E-state index is 0.0951. The van der Waals surface area contributed by atoms with Crippen LogP contribution >= 0.6 is 0 Å². The molecular formula is C10H11NO. The van der Waals surface area contributed by atoms with E-state index in [-0.39, 0.29) is 6.10 Å². The molecule has 0 bridgehead atoms. The van der Waals surface area contributed by atoms with E-state index in [9.17, 15) is 0 Å². The number of ether oxygens (including phenoxy) is 1. The highest BCUT2D eigenvalue weighted by Crippen LogP contribution is 2.15. The first-order valence-electron chi connectivity index (χ1n) is 3.80. The highest BCUT2D eigenvalue weighted by molar-refractivity contribution is 5.32. The molecule has 0 radical (unpaired) electrons. The molecule has 1 atom stereocenters. The Hall–Kier alpha value is -1.33. The van der Waals surface area contributed by atoms with Crippen molar-refractivity contribution in [3.63, 3.8) is 0 Å². The second kappa shape index (κ2) is 3.89. The summed E-state index contributed by atoms with van der Waals surface area (Å²) >= 11 is 0. The van der Waals surface area contributed by atoms with Crippen LogP contribution in [0.15, 0.2) is 24.3 Å². The molecule has 0 saturated carbocycles. The van der Waals surface area contributed by atoms with E-state index in [0.717, 1.165) is 5.56 Å². The molecule has 0 aliphatic rings. The van der Waals surface area contributed by atoms with E-state index in [4.69, 9.17) is 10.00 Å². The molecule has 62 valence electrons. The van der Waals surface area contributed by atoms with Gasteiger partial charge in [-0.1, -0.05) is 12.1 Å². The van der Waals surface area contributed by atoms with Gasteiger partial charge in [0.2, 0.25) is 0 Å². The maximum Gasteiger partial charge on any atom is 0.0991 e. The van der Waals surface area contributed by atoms with Crippen molar-refractivity contribution in [1.29, 1.82) is 5.26 Å². The van der Waals surface area contributed by atoms with Gasteiger partial charge in [-0.3, -0.25) is 0 Å². The molecule has 0 spiro atoms. The maximum atomic E-state index is 8.54. The van der Waals surface area contributed by atoms with E-state index in [0.29, 0.717) is 5.56 Å². The fourth-order valence-corrected chi connectivity index (χ4v) is 0.965. The van der Waals surface area contributed by atoms with Gasteiger partial charge in [0, 0.05) is 7.11 Å². The van der Waals surface area contributed by atoms with Gasteiger partial charge in [-0.2, -0.15) is 5.26 Å². The summed E-state index contributed by atoms with van der Waals surface area (Å²) in [5.74, 6) is 0. The van der Waals surface area contributed by atoms with Gasteiger partial charge in [0.15, 0.2) is 0 Å². The first-order chi connectivity index (χ1) is 5.77. The normalized spacial score (nSPS) is 12.1. The van der Waals surface area contributed by atoms with Crippen LogP contribution in [-0.4, -0.2) is 7.11 Å². The second-order valence-electron chi connectivity index (χ2n) is 2.61. The smallest absolute Gasteiger partial charge is 0.0991 e. The van der Waals surface area contributed by atoms with Crippen molar-refractivity contribution >= 4 is 0 Å². The molecular weight excluding hydrogens is 150 g/mol. The average molecular weight is 161 g/mol. The zero-order chi connectivity index (χ0) is 8.97. The van der Waals surface area contributed by atoms with E-state index in [1.807, 2.05) is 19.1 Å². The number of rotatable bonds is 2. The number of methoxy groups -OCH3 is 1. The summed E-state index contributed by atoms with van der Waals surface area (Å²) < 4.78 is 5.13. The summed E-state index contributed by atoms with van der Waals surface area (Å²) in [4.78, 5) is 0. The Morgan fingerprint density at radius 2 is 1.92 bits per heavy atom. The second-order valence-corrected chi connectivity index (χ2v) is 2.61. The fourth-order valence-electron chi connectivity index (χ4n) is 0.965. The standard InChI is InChI=1S/C10H11NO/c1-8(12-2)10-5-3-9(7-11)4-6-10/h3-6,8H,1-2H3. The fraction of sp³-hybridized carbons (Fsp3) is 0.300. The number of nitrogens with zero attached hydrogens (tertiary/aromatic N) is 1. The van der Waals surface area contributed by atoms with Gasteiger partial charge in [0.25, 0.3) is 0 Å². The van der Waals surface area contributed by atoms with Crippen LogP contribution < -0.4 is 0 Å². The first-order valence-corrected chi connectivity index (χ1v) is 3.80. The molecule has 2 heteroatoms. The van der Waals surface area contributed by atoms with E-state index < -0.39 is 0 Å². The molecule has 0 heterocycles. The third-order valence-corrected chi connectivity index (χ3v) is 1.86. The van der Waals surface area contributed by atoms with Crippen LogP contribution in [0.2, 0.25) is 0 Å². The van der Waals surface area contributed by atoms with Crippen molar-refractivity contribution in [3.05, 3.63) is 35.4 Å². The minimum Gasteiger partial charge on any atom is -0.377 e. The summed E-state index contributed by atoms with van der Waals surface area (Å²) in [6.07, 6.45) is 0.0951. The Labute approximate surface area is 72.4 Å². The summed E-state index contributed by atoms with van der Waals surface area (Å²) in [6.45, 7) is 1.97. The van der Waals surface area contributed by atoms with Crippen LogP contribution in [0.4, 0.5) is 0 Å². The zero-order valence-corrected chi connectivity index (χ0v) is 7.24. The van der Waals surface area contributed by atoms with Crippen molar-refractivity contribution in [2.75, 3.05) is 7.11 Å². The largest absolute Gasteiger partial charge is 0.377 e. The Kier molecular flexibility index (Phi) is 2.84. The molecule has 0 aromatic heterocycles. The minimum atomic E-state index is 0.0951. The average Bonchev–Trinajstić information content (AvgIpc) is 2.17. The van der Waals surface area contributed by atoms with Crippen molar-refractivity contribution in [2.24, 2.45) is 0 Å². The number of hydrogen-bond acceptors (Lipinski definition) is 2. The van der Waals surface area contributed by atoms with Gasteiger partial charge in [-0.15, -0.1) is 0 Å². The van der Waals surface area contributed by atoms with Crippen molar-refractivity contribution in [3.8, 4) is 6.07 Å². The Balaban J connectivity index is 2.86. The lowest BCUT2D eigenvalue weighted by molar-refractivity contribution is 0.119. The van der Waals surface area contributed by atoms with E-state index >= 15 is 0 Å². The van der Waals surface area contributed by atoms with E-state index in [2.05, 4.69) is 6.07 Å². The Bertz CT molecular complexity index is 284. The van der Waals surface area contributed by atoms with Gasteiger partial charge < -0.3 is 4.74 Å². The Morgan fingerprint density at radius 3 is 2.33 bits per heavy atom. The molecule has 0 aliphatic heterocycles. The van der Waals surface area contributed by atoms with Crippen LogP contribution in [-0.2, 0) is 4.74 Å². The summed E-state index contributed by atoms with van der Waals surface area (Å²) in [6, 6.07) is 9.48. The topological polar surface area (TPSA) is 33.0 Å². The molecule has 2 nitrogen and oxygen atoms in total. The molecule has 1 aromatic carbocycles. The molecule has 0 aliphatic carbocycles. The lowest BCUT2D eigenvalue weighted by Crippen LogP contribution is -1.94. The summed E-state index contributed by atoms with van der Waals surface area (Å²) in [5.41, 5.74) is 1.78. The van der Waals surface area contributed by atoms with Gasteiger partial charge in [0.05, 0.1) is 17.7 Å². The van der Waals surface area contributed by atoms with Gasteiger partial charge in [-0.05, 0) is 24.6 Å². The summed E-state index contributed by atoms with van der Waals surface area (Å²) in [7, 11) is 1.67. The first kappa shape index (κ1) is 8.76. The third-order valence-electron chi connectivity index (χ3n) is 1.86. The lowest BCUT2D eigenvalue weighted by Gasteiger charge is -2.08. The van der Waals surface area contributed by atoms with Crippen LogP contribution in [0.25, 0.3) is 0 Å². The Morgan fingerprint density at radius 1 is 1.33 bits per heavy atom. The van der Waals surface area contributed by atoms with Gasteiger partial charge >= 0.3 is 0 Å². The van der Waals surface area contributed by atoms with E-state index in [1.54, 1.807) is 19.2 Å². The highest BCUT2D eigenvalue weighted by Gasteiger charge is 2.01. The highest BCUT2D eigenvalue weighted by atomic mass is 16.5. The van der Waals surface area contributed by atoms with E-state index in [1.165, 1.54) is 0 Å². The van der Waals surface area contributed by atoms with Crippen LogP contribution in [0, 0.1) is 11.3 Å². The predicted molar refractivity (Wildman–Crippen MR) is 46.6 cm³/mol. The van der Waals surface area contributed by atoms with Gasteiger partial charge in [-0.25, -0.2) is 0 Å². The van der Waals surface area contributed by atoms with Crippen molar-refractivity contribution in [2.45, 2.75) is 13.0 Å². The molecule has 0 N–H and O–H groups in total. The molecule has 0 amide bonds. The third kappa shape index (κ3) is 1.84. The number of benzene rings is 1. The SMILES string of the molecule is COC(C)c1ccc(C#N)cc1. The van der Waals surface area contributed by atoms with Crippen LogP contribution in [0.5, 0.6) is 0 Å². The zero-order valence-electron chi connectivity index (χ0n) is 7.24. The van der Waals surface area contributed by atoms with Crippen LogP contribution in [0.1, 0.15) is 24.2 Å². The molecule has 1 unspecified atom stereocenters. The van der Waals surface area contributed by atoms with Gasteiger partial charge in [0.1, 0.15) is 0 Å². The lowest BCUT2D eigenvalue weighted by atomic mass is 10.1. The molecule has 0 fully saturated rings. The quantitative estimate of drug-likeness (QED) is 0.666. The molecule has 12 heavy (non-hydrogen) atoms. The molecule has 1 rings (SSSR count). The number of nitriles is 1. The van der Waals surface area contributed by atoms with Crippen molar-refractivity contribution < 1.29 is 4.74 Å². The monoisotopic (exact) mass is 161 g/mol. The van der Waals surface area contributed by atoms with Crippen LogP contribution in [0.3, 0.4) is 0 Å². The number of hydrogen-bond donors (Lipinski definition) is 0.